The second-order valence-electron chi connectivity index (χ2n) is 4.48. The van der Waals surface area contributed by atoms with E-state index in [0.29, 0.717) is 0 Å². The molecule has 0 aromatic carbocycles. The molecule has 0 bridgehead atoms. The van der Waals surface area contributed by atoms with Crippen LogP contribution in [0, 0.1) is 0 Å². The zero-order valence-electron chi connectivity index (χ0n) is 11.4. The maximum Gasteiger partial charge on any atom is 0.134 e. The van der Waals surface area contributed by atoms with Gasteiger partial charge < -0.3 is 10.2 Å². The molecule has 1 atom stereocenters. The molecular weight excluding hydrogens is 244 g/mol. The van der Waals surface area contributed by atoms with Gasteiger partial charge in [-0.25, -0.2) is 9.97 Å². The van der Waals surface area contributed by atoms with Crippen LogP contribution in [0.15, 0.2) is 6.07 Å². The van der Waals surface area contributed by atoms with Gasteiger partial charge in [0.15, 0.2) is 0 Å². The van der Waals surface area contributed by atoms with E-state index < -0.39 is 0 Å². The van der Waals surface area contributed by atoms with Crippen molar-refractivity contribution in [2.24, 2.45) is 0 Å². The van der Waals surface area contributed by atoms with Gasteiger partial charge in [-0.2, -0.15) is 11.8 Å². The molecule has 0 aliphatic carbocycles. The Morgan fingerprint density at radius 1 is 1.44 bits per heavy atom. The van der Waals surface area contributed by atoms with Crippen LogP contribution in [0.5, 0.6) is 0 Å². The summed E-state index contributed by atoms with van der Waals surface area (Å²) in [6, 6.07) is 2.06. The molecule has 1 aliphatic heterocycles. The van der Waals surface area contributed by atoms with Crippen molar-refractivity contribution in [2.45, 2.75) is 31.9 Å². The molecule has 1 aromatic rings. The van der Waals surface area contributed by atoms with Gasteiger partial charge in [-0.05, 0) is 6.42 Å². The molecule has 1 aromatic heterocycles. The molecule has 1 N–H and O–H groups in total. The van der Waals surface area contributed by atoms with Crippen molar-refractivity contribution in [1.29, 1.82) is 0 Å². The van der Waals surface area contributed by atoms with Gasteiger partial charge >= 0.3 is 0 Å². The fourth-order valence-corrected chi connectivity index (χ4v) is 3.29. The predicted octanol–water partition coefficient (Wildman–Crippen LogP) is 2.41. The van der Waals surface area contributed by atoms with E-state index in [4.69, 9.17) is 0 Å². The third kappa shape index (κ3) is 3.07. The van der Waals surface area contributed by atoms with E-state index in [2.05, 4.69) is 51.9 Å². The number of anilines is 2. The summed E-state index contributed by atoms with van der Waals surface area (Å²) in [5.41, 5.74) is 0. The lowest BCUT2D eigenvalue weighted by atomic mass is 10.3. The Hall–Kier alpha value is -0.970. The maximum atomic E-state index is 4.66. The van der Waals surface area contributed by atoms with E-state index in [9.17, 15) is 0 Å². The van der Waals surface area contributed by atoms with E-state index in [1.165, 1.54) is 12.2 Å². The first kappa shape index (κ1) is 13.5. The highest BCUT2D eigenvalue weighted by atomic mass is 32.2. The van der Waals surface area contributed by atoms with Crippen molar-refractivity contribution in [1.82, 2.24) is 9.97 Å². The van der Waals surface area contributed by atoms with Crippen LogP contribution in [0.3, 0.4) is 0 Å². The van der Waals surface area contributed by atoms with Crippen LogP contribution < -0.4 is 10.2 Å². The largest absolute Gasteiger partial charge is 0.373 e. The van der Waals surface area contributed by atoms with E-state index in [-0.39, 0.29) is 0 Å². The molecule has 0 amide bonds. The van der Waals surface area contributed by atoms with Gasteiger partial charge in [0.05, 0.1) is 0 Å². The average Bonchev–Trinajstić information content (AvgIpc) is 2.46. The zero-order valence-corrected chi connectivity index (χ0v) is 12.3. The summed E-state index contributed by atoms with van der Waals surface area (Å²) in [7, 11) is 1.91. The molecule has 0 spiro atoms. The first-order chi connectivity index (χ1) is 8.76. The maximum absolute atomic E-state index is 4.66. The van der Waals surface area contributed by atoms with Gasteiger partial charge in [-0.15, -0.1) is 0 Å². The minimum absolute atomic E-state index is 0.733. The van der Waals surface area contributed by atoms with E-state index in [1.54, 1.807) is 0 Å². The lowest BCUT2D eigenvalue weighted by Gasteiger charge is -2.33. The SMILES string of the molecule is CCc1nc(NC)cc(N2CCSC(CC)C2)n1. The van der Waals surface area contributed by atoms with E-state index in [0.717, 1.165) is 42.2 Å². The lowest BCUT2D eigenvalue weighted by molar-refractivity contribution is 0.715. The van der Waals surface area contributed by atoms with Crippen LogP contribution in [0.4, 0.5) is 11.6 Å². The molecule has 0 radical (unpaired) electrons. The summed E-state index contributed by atoms with van der Waals surface area (Å²) in [5.74, 6) is 4.11. The monoisotopic (exact) mass is 266 g/mol. The molecule has 2 heterocycles. The number of rotatable bonds is 4. The first-order valence-corrected chi connectivity index (χ1v) is 7.74. The molecule has 18 heavy (non-hydrogen) atoms. The topological polar surface area (TPSA) is 41.1 Å². The molecule has 2 rings (SSSR count). The van der Waals surface area contributed by atoms with Crippen LogP contribution in [0.25, 0.3) is 0 Å². The third-order valence-corrected chi connectivity index (χ3v) is 4.62. The second kappa shape index (κ2) is 6.27. The minimum atomic E-state index is 0.733. The zero-order chi connectivity index (χ0) is 13.0. The lowest BCUT2D eigenvalue weighted by Crippen LogP contribution is -2.38. The van der Waals surface area contributed by atoms with E-state index in [1.807, 2.05) is 7.05 Å². The van der Waals surface area contributed by atoms with Crippen LogP contribution in [0.1, 0.15) is 26.1 Å². The van der Waals surface area contributed by atoms with Crippen LogP contribution >= 0.6 is 11.8 Å². The highest BCUT2D eigenvalue weighted by Crippen LogP contribution is 2.25. The van der Waals surface area contributed by atoms with Gasteiger partial charge in [0.2, 0.25) is 0 Å². The average molecular weight is 266 g/mol. The highest BCUT2D eigenvalue weighted by Gasteiger charge is 2.20. The van der Waals surface area contributed by atoms with Crippen molar-refractivity contribution in [3.05, 3.63) is 11.9 Å². The highest BCUT2D eigenvalue weighted by molar-refractivity contribution is 8.00. The Morgan fingerprint density at radius 3 is 2.94 bits per heavy atom. The summed E-state index contributed by atoms with van der Waals surface area (Å²) in [4.78, 5) is 11.5. The standard InChI is InChI=1S/C13H22N4S/c1-4-10-9-17(6-7-18-10)13-8-12(14-3)15-11(5-2)16-13/h8,10H,4-7,9H2,1-3H3,(H,14,15,16). The molecule has 1 unspecified atom stereocenters. The van der Waals surface area contributed by atoms with Crippen LogP contribution in [-0.2, 0) is 6.42 Å². The Morgan fingerprint density at radius 2 is 2.28 bits per heavy atom. The Bertz CT molecular complexity index is 374. The molecule has 1 aliphatic rings. The van der Waals surface area contributed by atoms with Gasteiger partial charge in [-0.3, -0.25) is 0 Å². The summed E-state index contributed by atoms with van der Waals surface area (Å²) in [6.45, 7) is 6.55. The molecular formula is C13H22N4S. The summed E-state index contributed by atoms with van der Waals surface area (Å²) in [6.07, 6.45) is 2.11. The third-order valence-electron chi connectivity index (χ3n) is 3.25. The van der Waals surface area contributed by atoms with Crippen molar-refractivity contribution < 1.29 is 0 Å². The summed E-state index contributed by atoms with van der Waals surface area (Å²) < 4.78 is 0. The number of aryl methyl sites for hydroxylation is 1. The molecule has 0 saturated carbocycles. The smallest absolute Gasteiger partial charge is 0.134 e. The number of nitrogens with zero attached hydrogens (tertiary/aromatic N) is 3. The number of aromatic nitrogens is 2. The van der Waals surface area contributed by atoms with Crippen molar-refractivity contribution in [2.75, 3.05) is 36.1 Å². The predicted molar refractivity (Wildman–Crippen MR) is 79.7 cm³/mol. The molecule has 100 valence electrons. The second-order valence-corrected chi connectivity index (χ2v) is 5.89. The minimum Gasteiger partial charge on any atom is -0.373 e. The van der Waals surface area contributed by atoms with E-state index >= 15 is 0 Å². The molecule has 1 fully saturated rings. The van der Waals surface area contributed by atoms with Gasteiger partial charge in [0.25, 0.3) is 0 Å². The number of hydrogen-bond donors (Lipinski definition) is 1. The summed E-state index contributed by atoms with van der Waals surface area (Å²) >= 11 is 2.08. The fraction of sp³-hybridized carbons (Fsp3) is 0.692. The first-order valence-electron chi connectivity index (χ1n) is 6.69. The summed E-state index contributed by atoms with van der Waals surface area (Å²) in [5, 5.41) is 3.86. The van der Waals surface area contributed by atoms with Gasteiger partial charge in [-0.1, -0.05) is 13.8 Å². The van der Waals surface area contributed by atoms with Crippen molar-refractivity contribution in [3.8, 4) is 0 Å². The van der Waals surface area contributed by atoms with Gasteiger partial charge in [0.1, 0.15) is 17.5 Å². The Kier molecular flexibility index (Phi) is 4.69. The van der Waals surface area contributed by atoms with Crippen LogP contribution in [0.2, 0.25) is 0 Å². The normalized spacial score (nSPS) is 19.9. The van der Waals surface area contributed by atoms with Crippen molar-refractivity contribution >= 4 is 23.4 Å². The molecule has 1 saturated heterocycles. The number of thioether (sulfide) groups is 1. The quantitative estimate of drug-likeness (QED) is 0.906. The Labute approximate surface area is 114 Å². The number of hydrogen-bond acceptors (Lipinski definition) is 5. The molecule has 4 nitrogen and oxygen atoms in total. The van der Waals surface area contributed by atoms with Crippen molar-refractivity contribution in [3.63, 3.8) is 0 Å². The van der Waals surface area contributed by atoms with Crippen LogP contribution in [-0.4, -0.2) is 41.1 Å². The molecule has 5 heteroatoms. The van der Waals surface area contributed by atoms with Gasteiger partial charge in [0, 0.05) is 43.6 Å². The fourth-order valence-electron chi connectivity index (χ4n) is 2.11. The Balaban J connectivity index is 2.20. The number of nitrogens with one attached hydrogen (secondary N) is 1.